The third-order valence-corrected chi connectivity index (χ3v) is 8.38. The molecule has 2 unspecified atom stereocenters. The number of nitrogens with two attached hydrogens (primary N) is 1. The Kier molecular flexibility index (Phi) is 7.35. The first kappa shape index (κ1) is 27.2. The van der Waals surface area contributed by atoms with Crippen molar-refractivity contribution in [2.24, 2.45) is 10.7 Å². The molecule has 0 fully saturated rings. The van der Waals surface area contributed by atoms with Crippen LogP contribution in [0.5, 0.6) is 0 Å². The number of allylic oxidation sites excluding steroid dienone is 4. The number of para-hydroxylation sites is 1. The van der Waals surface area contributed by atoms with E-state index < -0.39 is 0 Å². The summed E-state index contributed by atoms with van der Waals surface area (Å²) in [5.74, 6) is 0.551. The van der Waals surface area contributed by atoms with E-state index in [-0.39, 0.29) is 12.0 Å². The predicted molar refractivity (Wildman–Crippen MR) is 186 cm³/mol. The van der Waals surface area contributed by atoms with Crippen molar-refractivity contribution in [2.75, 3.05) is 4.90 Å². The van der Waals surface area contributed by atoms with Gasteiger partial charge in [0.15, 0.2) is 0 Å². The highest BCUT2D eigenvalue weighted by molar-refractivity contribution is 6.03. The summed E-state index contributed by atoms with van der Waals surface area (Å²) in [5.41, 5.74) is 18.0. The SMILES string of the molecule is C=C/C=C(\N=C(/N)N1c2ccccc2-c2ccccc2C2C=CC=CC21)c1cc(-c2ccccc2)cc(-c2ccccc2)c1. The Morgan fingerprint density at radius 3 is 1.93 bits per heavy atom. The van der Waals surface area contributed by atoms with Crippen LogP contribution in [0.25, 0.3) is 39.1 Å². The number of anilines is 1. The summed E-state index contributed by atoms with van der Waals surface area (Å²) < 4.78 is 0. The third kappa shape index (κ3) is 5.10. The molecular weight excluding hydrogens is 534 g/mol. The Balaban J connectivity index is 1.39. The van der Waals surface area contributed by atoms with Gasteiger partial charge in [-0.25, -0.2) is 4.99 Å². The van der Waals surface area contributed by atoms with Crippen molar-refractivity contribution in [3.63, 3.8) is 0 Å². The molecule has 0 aromatic heterocycles. The average molecular weight is 568 g/mol. The van der Waals surface area contributed by atoms with Gasteiger partial charge in [-0.05, 0) is 63.7 Å². The van der Waals surface area contributed by atoms with E-state index in [9.17, 15) is 0 Å². The van der Waals surface area contributed by atoms with Crippen LogP contribution in [0.1, 0.15) is 17.0 Å². The lowest BCUT2D eigenvalue weighted by atomic mass is 9.85. The number of rotatable bonds is 5. The van der Waals surface area contributed by atoms with E-state index >= 15 is 0 Å². The second kappa shape index (κ2) is 11.9. The van der Waals surface area contributed by atoms with Gasteiger partial charge in [-0.15, -0.1) is 0 Å². The largest absolute Gasteiger partial charge is 0.369 e. The molecule has 7 rings (SSSR count). The summed E-state index contributed by atoms with van der Waals surface area (Å²) in [6.45, 7) is 4.03. The van der Waals surface area contributed by atoms with E-state index in [1.807, 2.05) is 18.2 Å². The molecule has 0 radical (unpaired) electrons. The minimum atomic E-state index is -0.0333. The molecule has 0 amide bonds. The summed E-state index contributed by atoms with van der Waals surface area (Å²) in [5, 5.41) is 0. The molecule has 0 saturated heterocycles. The molecule has 212 valence electrons. The molecule has 5 aromatic rings. The molecule has 2 atom stereocenters. The maximum Gasteiger partial charge on any atom is 0.201 e. The normalized spacial score (nSPS) is 17.3. The van der Waals surface area contributed by atoms with Crippen LogP contribution in [-0.4, -0.2) is 12.0 Å². The van der Waals surface area contributed by atoms with E-state index in [0.717, 1.165) is 44.8 Å². The Morgan fingerprint density at radius 2 is 1.25 bits per heavy atom. The number of guanidine groups is 1. The van der Waals surface area contributed by atoms with Gasteiger partial charge < -0.3 is 10.6 Å². The third-order valence-electron chi connectivity index (χ3n) is 8.38. The van der Waals surface area contributed by atoms with Crippen LogP contribution in [0, 0.1) is 0 Å². The number of hydrogen-bond acceptors (Lipinski definition) is 1. The smallest absolute Gasteiger partial charge is 0.201 e. The number of benzene rings is 5. The Hall–Kier alpha value is -5.67. The minimum Gasteiger partial charge on any atom is -0.369 e. The van der Waals surface area contributed by atoms with Gasteiger partial charge in [0.05, 0.1) is 17.4 Å². The predicted octanol–water partition coefficient (Wildman–Crippen LogP) is 9.63. The molecule has 1 aliphatic heterocycles. The fraction of sp³-hybridized carbons (Fsp3) is 0.0488. The highest BCUT2D eigenvalue weighted by Gasteiger charge is 2.35. The maximum atomic E-state index is 7.08. The minimum absolute atomic E-state index is 0.0333. The van der Waals surface area contributed by atoms with E-state index in [1.165, 1.54) is 11.1 Å². The van der Waals surface area contributed by atoms with Crippen LogP contribution in [0.2, 0.25) is 0 Å². The monoisotopic (exact) mass is 567 g/mol. The molecular formula is C41H33N3. The van der Waals surface area contributed by atoms with Crippen LogP contribution in [-0.2, 0) is 0 Å². The van der Waals surface area contributed by atoms with E-state index in [2.05, 4.69) is 151 Å². The van der Waals surface area contributed by atoms with Crippen molar-refractivity contribution in [1.82, 2.24) is 0 Å². The number of nitrogens with zero attached hydrogens (tertiary/aromatic N) is 2. The number of hydrogen-bond donors (Lipinski definition) is 1. The highest BCUT2D eigenvalue weighted by Crippen LogP contribution is 2.45. The molecule has 3 heteroatoms. The Bertz CT molecular complexity index is 1890. The van der Waals surface area contributed by atoms with Crippen molar-refractivity contribution in [1.29, 1.82) is 0 Å². The lowest BCUT2D eigenvalue weighted by Crippen LogP contribution is -2.46. The van der Waals surface area contributed by atoms with E-state index in [4.69, 9.17) is 10.7 Å². The van der Waals surface area contributed by atoms with Gasteiger partial charge in [0.2, 0.25) is 5.96 Å². The fourth-order valence-electron chi connectivity index (χ4n) is 6.37. The van der Waals surface area contributed by atoms with Gasteiger partial charge >= 0.3 is 0 Å². The summed E-state index contributed by atoms with van der Waals surface area (Å²) in [4.78, 5) is 7.37. The molecule has 44 heavy (non-hydrogen) atoms. The summed E-state index contributed by atoms with van der Waals surface area (Å²) >= 11 is 0. The van der Waals surface area contributed by atoms with Crippen LogP contribution in [0.4, 0.5) is 5.69 Å². The second-order valence-corrected chi connectivity index (χ2v) is 11.0. The lowest BCUT2D eigenvalue weighted by Gasteiger charge is -2.35. The van der Waals surface area contributed by atoms with Gasteiger partial charge in [-0.1, -0.05) is 140 Å². The molecule has 0 spiro atoms. The van der Waals surface area contributed by atoms with Gasteiger partial charge in [0.25, 0.3) is 0 Å². The average Bonchev–Trinajstić information content (AvgIpc) is 3.21. The van der Waals surface area contributed by atoms with Gasteiger partial charge in [-0.3, -0.25) is 0 Å². The first-order valence-electron chi connectivity index (χ1n) is 15.0. The van der Waals surface area contributed by atoms with Crippen LogP contribution < -0.4 is 10.6 Å². The van der Waals surface area contributed by atoms with E-state index in [1.54, 1.807) is 6.08 Å². The van der Waals surface area contributed by atoms with Crippen molar-refractivity contribution in [2.45, 2.75) is 12.0 Å². The zero-order valence-electron chi connectivity index (χ0n) is 24.4. The molecule has 2 aliphatic rings. The van der Waals surface area contributed by atoms with Gasteiger partial charge in [0, 0.05) is 17.0 Å². The molecule has 0 bridgehead atoms. The van der Waals surface area contributed by atoms with Crippen molar-refractivity contribution in [3.8, 4) is 33.4 Å². The van der Waals surface area contributed by atoms with Crippen LogP contribution in [0.3, 0.4) is 0 Å². The molecule has 1 aliphatic carbocycles. The lowest BCUT2D eigenvalue weighted by molar-refractivity contribution is 0.706. The van der Waals surface area contributed by atoms with Gasteiger partial charge in [0.1, 0.15) is 0 Å². The molecule has 3 nitrogen and oxygen atoms in total. The topological polar surface area (TPSA) is 41.6 Å². The molecule has 1 heterocycles. The fourth-order valence-corrected chi connectivity index (χ4v) is 6.37. The second-order valence-electron chi connectivity index (χ2n) is 11.0. The number of fused-ring (bicyclic) bond motifs is 5. The van der Waals surface area contributed by atoms with Crippen molar-refractivity contribution in [3.05, 3.63) is 182 Å². The zero-order chi connectivity index (χ0) is 29.9. The maximum absolute atomic E-state index is 7.08. The quantitative estimate of drug-likeness (QED) is 0.130. The Labute approximate surface area is 259 Å². The van der Waals surface area contributed by atoms with Crippen molar-refractivity contribution < 1.29 is 0 Å². The number of aliphatic imine (C=N–C) groups is 1. The van der Waals surface area contributed by atoms with Crippen molar-refractivity contribution >= 4 is 17.3 Å². The molecule has 0 saturated carbocycles. The molecule has 2 N–H and O–H groups in total. The summed E-state index contributed by atoms with van der Waals surface area (Å²) in [6.07, 6.45) is 12.5. The standard InChI is InChI=1S/C41H33N3/c1-2-15-38(33-27-31(29-16-5-3-6-17-29)26-32(28-33)30-18-7-4-8-19-30)43-41(42)44-39-24-13-11-22-36(39)34-20-9-10-21-35(34)37-23-12-14-25-40(37)44/h2-28,36,39H,1H2,(H2,42,43)/b38-15-. The van der Waals surface area contributed by atoms with Gasteiger partial charge in [-0.2, -0.15) is 0 Å². The first-order chi connectivity index (χ1) is 21.7. The highest BCUT2D eigenvalue weighted by atomic mass is 15.3. The summed E-state index contributed by atoms with van der Waals surface area (Å²) in [6, 6.07) is 44.6. The van der Waals surface area contributed by atoms with Crippen LogP contribution >= 0.6 is 0 Å². The Morgan fingerprint density at radius 1 is 0.659 bits per heavy atom. The molecule has 5 aromatic carbocycles. The van der Waals surface area contributed by atoms with E-state index in [0.29, 0.717) is 5.96 Å². The first-order valence-corrected chi connectivity index (χ1v) is 15.0. The van der Waals surface area contributed by atoms with Crippen LogP contribution in [0.15, 0.2) is 175 Å². The summed E-state index contributed by atoms with van der Waals surface area (Å²) in [7, 11) is 0. The zero-order valence-corrected chi connectivity index (χ0v) is 24.4.